The lowest BCUT2D eigenvalue weighted by Gasteiger charge is -2.26. The Kier molecular flexibility index (Phi) is 2.00. The number of allylic oxidation sites excluding steroid dienone is 1. The molecule has 0 aromatic carbocycles. The molecule has 0 bridgehead atoms. The summed E-state index contributed by atoms with van der Waals surface area (Å²) in [6.07, 6.45) is 2.51. The van der Waals surface area contributed by atoms with Crippen molar-refractivity contribution in [1.82, 2.24) is 0 Å². The lowest BCUT2D eigenvalue weighted by atomic mass is 9.80. The van der Waals surface area contributed by atoms with Crippen LogP contribution in [-0.4, -0.2) is 0 Å². The van der Waals surface area contributed by atoms with Crippen molar-refractivity contribution in [3.63, 3.8) is 0 Å². The predicted octanol–water partition coefficient (Wildman–Crippen LogP) is 2.53. The molecule has 0 heterocycles. The average Bonchev–Trinajstić information content (AvgIpc) is 2.04. The van der Waals surface area contributed by atoms with Gasteiger partial charge in [-0.1, -0.05) is 27.4 Å². The molecule has 1 aliphatic rings. The fraction of sp³-hybridized carbons (Fsp3) is 0.800. The van der Waals surface area contributed by atoms with Gasteiger partial charge in [-0.2, -0.15) is 0 Å². The lowest BCUT2D eigenvalue weighted by molar-refractivity contribution is 0.292. The normalized spacial score (nSPS) is 35.5. The van der Waals surface area contributed by atoms with Gasteiger partial charge in [0.15, 0.2) is 0 Å². The Morgan fingerprint density at radius 3 is 2.27 bits per heavy atom. The van der Waals surface area contributed by atoms with Crippen LogP contribution in [0.25, 0.3) is 0 Å². The highest BCUT2D eigenvalue weighted by atomic mass is 14.6. The number of hydrogen-bond donors (Lipinski definition) is 1. The number of hydrogen-bond acceptors (Lipinski definition) is 1. The van der Waals surface area contributed by atoms with E-state index in [2.05, 4.69) is 27.4 Å². The van der Waals surface area contributed by atoms with Gasteiger partial charge in [-0.15, -0.1) is 0 Å². The van der Waals surface area contributed by atoms with Crippen LogP contribution in [0.4, 0.5) is 0 Å². The second-order valence-corrected chi connectivity index (χ2v) is 4.66. The second kappa shape index (κ2) is 2.54. The van der Waals surface area contributed by atoms with E-state index >= 15 is 0 Å². The first-order chi connectivity index (χ1) is 4.93. The van der Waals surface area contributed by atoms with E-state index in [0.717, 1.165) is 11.6 Å². The van der Waals surface area contributed by atoms with Gasteiger partial charge in [-0.05, 0) is 24.2 Å². The van der Waals surface area contributed by atoms with Gasteiger partial charge in [0.2, 0.25) is 0 Å². The Labute approximate surface area is 69.7 Å². The van der Waals surface area contributed by atoms with E-state index in [1.165, 1.54) is 12.8 Å². The van der Waals surface area contributed by atoms with E-state index in [1.807, 2.05) is 0 Å². The lowest BCUT2D eigenvalue weighted by Crippen LogP contribution is -2.22. The molecule has 1 nitrogen and oxygen atoms in total. The minimum absolute atomic E-state index is 0.380. The quantitative estimate of drug-likeness (QED) is 0.615. The molecule has 2 N–H and O–H groups in total. The molecule has 0 radical (unpaired) electrons. The molecule has 0 amide bonds. The van der Waals surface area contributed by atoms with Crippen molar-refractivity contribution in [3.05, 3.63) is 12.3 Å². The highest BCUT2D eigenvalue weighted by Crippen LogP contribution is 2.47. The Bertz CT molecular complexity index is 170. The summed E-state index contributed by atoms with van der Waals surface area (Å²) in [7, 11) is 0. The fourth-order valence-electron chi connectivity index (χ4n) is 2.50. The van der Waals surface area contributed by atoms with E-state index in [-0.39, 0.29) is 0 Å². The molecule has 0 unspecified atom stereocenters. The number of nitrogens with two attached hydrogens (primary N) is 1. The van der Waals surface area contributed by atoms with Crippen LogP contribution < -0.4 is 5.73 Å². The Morgan fingerprint density at radius 2 is 2.09 bits per heavy atom. The zero-order chi connectivity index (χ0) is 8.65. The maximum Gasteiger partial charge on any atom is 0.00445 e. The summed E-state index contributed by atoms with van der Waals surface area (Å²) in [5.41, 5.74) is 7.00. The Hall–Kier alpha value is -0.460. The van der Waals surface area contributed by atoms with Gasteiger partial charge in [-0.3, -0.25) is 0 Å². The summed E-state index contributed by atoms with van der Waals surface area (Å²) in [4.78, 5) is 0. The van der Waals surface area contributed by atoms with Crippen molar-refractivity contribution in [2.45, 2.75) is 33.6 Å². The second-order valence-electron chi connectivity index (χ2n) is 4.66. The molecule has 0 spiro atoms. The summed E-state index contributed by atoms with van der Waals surface area (Å²) in [6, 6.07) is 0. The molecular weight excluding hydrogens is 134 g/mol. The molecule has 64 valence electrons. The van der Waals surface area contributed by atoms with E-state index in [4.69, 9.17) is 5.73 Å². The average molecular weight is 153 g/mol. The van der Waals surface area contributed by atoms with Gasteiger partial charge in [0, 0.05) is 11.6 Å². The summed E-state index contributed by atoms with van der Waals surface area (Å²) < 4.78 is 0. The van der Waals surface area contributed by atoms with Gasteiger partial charge < -0.3 is 5.73 Å². The van der Waals surface area contributed by atoms with Gasteiger partial charge >= 0.3 is 0 Å². The van der Waals surface area contributed by atoms with E-state index in [0.29, 0.717) is 11.3 Å². The number of rotatable bonds is 1. The van der Waals surface area contributed by atoms with Crippen molar-refractivity contribution in [2.24, 2.45) is 23.0 Å². The van der Waals surface area contributed by atoms with Crippen LogP contribution in [0.3, 0.4) is 0 Å². The maximum absolute atomic E-state index is 5.74. The molecule has 11 heavy (non-hydrogen) atoms. The third-order valence-corrected chi connectivity index (χ3v) is 2.90. The molecule has 1 rings (SSSR count). The van der Waals surface area contributed by atoms with Gasteiger partial charge in [0.05, 0.1) is 0 Å². The highest BCUT2D eigenvalue weighted by molar-refractivity contribution is 5.05. The van der Waals surface area contributed by atoms with E-state index in [1.54, 1.807) is 0 Å². The molecule has 0 aromatic rings. The standard InChI is InChI=1S/C10H19N/c1-7-5-9(8(2)11)10(3,4)6-7/h7,9H,2,5-6,11H2,1,3-4H3/t7-,9-/m1/s1. The third kappa shape index (κ3) is 1.58. The molecule has 2 atom stereocenters. The van der Waals surface area contributed by atoms with Crippen molar-refractivity contribution in [2.75, 3.05) is 0 Å². The van der Waals surface area contributed by atoms with Crippen LogP contribution in [0.5, 0.6) is 0 Å². The van der Waals surface area contributed by atoms with Crippen LogP contribution in [0.1, 0.15) is 33.6 Å². The van der Waals surface area contributed by atoms with Crippen LogP contribution in [0, 0.1) is 17.3 Å². The Balaban J connectivity index is 2.74. The molecule has 0 saturated heterocycles. The van der Waals surface area contributed by atoms with Crippen molar-refractivity contribution in [1.29, 1.82) is 0 Å². The SMILES string of the molecule is C=C(N)[C@H]1C[C@@H](C)CC1(C)C. The van der Waals surface area contributed by atoms with Crippen molar-refractivity contribution >= 4 is 0 Å². The van der Waals surface area contributed by atoms with Crippen LogP contribution in [0.15, 0.2) is 12.3 Å². The van der Waals surface area contributed by atoms with Crippen LogP contribution in [-0.2, 0) is 0 Å². The largest absolute Gasteiger partial charge is 0.402 e. The fourth-order valence-corrected chi connectivity index (χ4v) is 2.50. The van der Waals surface area contributed by atoms with Gasteiger partial charge in [0.25, 0.3) is 0 Å². The Morgan fingerprint density at radius 1 is 1.55 bits per heavy atom. The molecule has 1 heteroatoms. The van der Waals surface area contributed by atoms with Crippen LogP contribution >= 0.6 is 0 Å². The molecule has 0 aliphatic heterocycles. The summed E-state index contributed by atoms with van der Waals surface area (Å²) in [5.74, 6) is 1.35. The van der Waals surface area contributed by atoms with Crippen molar-refractivity contribution < 1.29 is 0 Å². The monoisotopic (exact) mass is 153 g/mol. The first-order valence-corrected chi connectivity index (χ1v) is 4.38. The predicted molar refractivity (Wildman–Crippen MR) is 49.0 cm³/mol. The molecule has 1 aliphatic carbocycles. The first-order valence-electron chi connectivity index (χ1n) is 4.38. The van der Waals surface area contributed by atoms with Gasteiger partial charge in [0.1, 0.15) is 0 Å². The smallest absolute Gasteiger partial charge is 0.00445 e. The summed E-state index contributed by atoms with van der Waals surface area (Å²) in [5, 5.41) is 0. The zero-order valence-corrected chi connectivity index (χ0v) is 7.85. The minimum Gasteiger partial charge on any atom is -0.402 e. The molecule has 1 saturated carbocycles. The summed E-state index contributed by atoms with van der Waals surface area (Å²) in [6.45, 7) is 10.7. The molecule has 0 aromatic heterocycles. The topological polar surface area (TPSA) is 26.0 Å². The maximum atomic E-state index is 5.74. The first kappa shape index (κ1) is 8.63. The van der Waals surface area contributed by atoms with Crippen molar-refractivity contribution in [3.8, 4) is 0 Å². The van der Waals surface area contributed by atoms with E-state index < -0.39 is 0 Å². The van der Waals surface area contributed by atoms with E-state index in [9.17, 15) is 0 Å². The minimum atomic E-state index is 0.380. The molecule has 1 fully saturated rings. The third-order valence-electron chi connectivity index (χ3n) is 2.90. The summed E-state index contributed by atoms with van der Waals surface area (Å²) >= 11 is 0. The molecular formula is C10H19N. The van der Waals surface area contributed by atoms with Crippen LogP contribution in [0.2, 0.25) is 0 Å². The zero-order valence-electron chi connectivity index (χ0n) is 7.85. The van der Waals surface area contributed by atoms with Gasteiger partial charge in [-0.25, -0.2) is 0 Å². The highest BCUT2D eigenvalue weighted by Gasteiger charge is 2.39.